The molecule has 116 valence electrons. The summed E-state index contributed by atoms with van der Waals surface area (Å²) in [7, 11) is 0. The number of hydrogen-bond acceptors (Lipinski definition) is 3. The molecule has 1 aliphatic carbocycles. The molecular weight excluding hydrogens is 288 g/mol. The number of amides is 1. The predicted molar refractivity (Wildman–Crippen MR) is 89.2 cm³/mol. The van der Waals surface area contributed by atoms with Crippen LogP contribution >= 0.6 is 0 Å². The van der Waals surface area contributed by atoms with Crippen molar-refractivity contribution < 1.29 is 9.32 Å². The van der Waals surface area contributed by atoms with Gasteiger partial charge in [0, 0.05) is 17.2 Å². The summed E-state index contributed by atoms with van der Waals surface area (Å²) in [4.78, 5) is 12.5. The van der Waals surface area contributed by atoms with Gasteiger partial charge in [-0.1, -0.05) is 48.3 Å². The second kappa shape index (κ2) is 5.88. The topological polar surface area (TPSA) is 55.1 Å². The van der Waals surface area contributed by atoms with E-state index in [0.29, 0.717) is 17.4 Å². The second-order valence-corrected chi connectivity index (χ2v) is 6.06. The van der Waals surface area contributed by atoms with E-state index in [1.54, 1.807) is 0 Å². The van der Waals surface area contributed by atoms with Crippen LogP contribution in [0.2, 0.25) is 0 Å². The molecule has 0 atom stereocenters. The van der Waals surface area contributed by atoms with Gasteiger partial charge in [-0.05, 0) is 31.0 Å². The first-order valence-electron chi connectivity index (χ1n) is 8.07. The van der Waals surface area contributed by atoms with Gasteiger partial charge in [-0.2, -0.15) is 0 Å². The monoisotopic (exact) mass is 306 g/mol. The molecule has 1 heterocycles. The highest BCUT2D eigenvalue weighted by atomic mass is 16.5. The first-order valence-corrected chi connectivity index (χ1v) is 8.07. The van der Waals surface area contributed by atoms with Crippen LogP contribution in [-0.2, 0) is 0 Å². The highest BCUT2D eigenvalue weighted by molar-refractivity contribution is 6.01. The first kappa shape index (κ1) is 14.0. The van der Waals surface area contributed by atoms with Crippen molar-refractivity contribution in [2.24, 2.45) is 0 Å². The maximum absolute atomic E-state index is 12.5. The number of rotatable bonds is 3. The van der Waals surface area contributed by atoms with Crippen LogP contribution < -0.4 is 5.32 Å². The lowest BCUT2D eigenvalue weighted by molar-refractivity contribution is 0.0938. The van der Waals surface area contributed by atoms with Crippen molar-refractivity contribution in [1.82, 2.24) is 10.5 Å². The lowest BCUT2D eigenvalue weighted by Crippen LogP contribution is -2.32. The SMILES string of the molecule is O=C(NC1CCCC1)c1ccc2noc(-c3ccccc3)c2c1. The van der Waals surface area contributed by atoms with Gasteiger partial charge >= 0.3 is 0 Å². The molecule has 0 unspecified atom stereocenters. The standard InChI is InChI=1S/C19H18N2O2/c22-19(20-15-8-4-5-9-15)14-10-11-17-16(12-14)18(23-21-17)13-6-2-1-3-7-13/h1-3,6-7,10-12,15H,4-5,8-9H2,(H,20,22). The Kier molecular flexibility index (Phi) is 3.58. The second-order valence-electron chi connectivity index (χ2n) is 6.06. The average molecular weight is 306 g/mol. The molecule has 1 aromatic heterocycles. The van der Waals surface area contributed by atoms with Gasteiger partial charge < -0.3 is 9.84 Å². The van der Waals surface area contributed by atoms with E-state index in [1.807, 2.05) is 48.5 Å². The third-order valence-corrected chi connectivity index (χ3v) is 4.47. The number of carbonyl (C=O) groups is 1. The van der Waals surface area contributed by atoms with Gasteiger partial charge in [-0.25, -0.2) is 0 Å². The molecule has 4 rings (SSSR count). The largest absolute Gasteiger partial charge is 0.355 e. The Morgan fingerprint density at radius 2 is 1.87 bits per heavy atom. The first-order chi connectivity index (χ1) is 11.3. The van der Waals surface area contributed by atoms with Gasteiger partial charge in [0.1, 0.15) is 5.52 Å². The zero-order valence-corrected chi connectivity index (χ0v) is 12.8. The van der Waals surface area contributed by atoms with Gasteiger partial charge in [-0.3, -0.25) is 4.79 Å². The van der Waals surface area contributed by atoms with Crippen LogP contribution in [0.15, 0.2) is 53.1 Å². The normalized spacial score (nSPS) is 15.1. The van der Waals surface area contributed by atoms with Crippen LogP contribution in [-0.4, -0.2) is 17.1 Å². The van der Waals surface area contributed by atoms with Crippen molar-refractivity contribution in [2.75, 3.05) is 0 Å². The van der Waals surface area contributed by atoms with Crippen LogP contribution in [0, 0.1) is 0 Å². The van der Waals surface area contributed by atoms with Gasteiger partial charge in [0.15, 0.2) is 5.76 Å². The summed E-state index contributed by atoms with van der Waals surface area (Å²) < 4.78 is 5.49. The zero-order valence-electron chi connectivity index (χ0n) is 12.8. The number of nitrogens with one attached hydrogen (secondary N) is 1. The van der Waals surface area contributed by atoms with Crippen molar-refractivity contribution in [3.63, 3.8) is 0 Å². The summed E-state index contributed by atoms with van der Waals surface area (Å²) >= 11 is 0. The average Bonchev–Trinajstić information content (AvgIpc) is 3.24. The highest BCUT2D eigenvalue weighted by Crippen LogP contribution is 2.29. The fourth-order valence-electron chi connectivity index (χ4n) is 3.22. The van der Waals surface area contributed by atoms with Gasteiger partial charge in [-0.15, -0.1) is 0 Å². The number of carbonyl (C=O) groups excluding carboxylic acids is 1. The molecule has 0 saturated heterocycles. The van der Waals surface area contributed by atoms with Crippen molar-refractivity contribution in [3.05, 3.63) is 54.1 Å². The molecule has 2 aromatic carbocycles. The predicted octanol–water partition coefficient (Wildman–Crippen LogP) is 4.17. The van der Waals surface area contributed by atoms with E-state index >= 15 is 0 Å². The molecule has 1 saturated carbocycles. The highest BCUT2D eigenvalue weighted by Gasteiger charge is 2.19. The molecule has 0 aliphatic heterocycles. The fourth-order valence-corrected chi connectivity index (χ4v) is 3.22. The van der Waals surface area contributed by atoms with Gasteiger partial charge in [0.05, 0.1) is 5.39 Å². The molecule has 0 bridgehead atoms. The number of hydrogen-bond donors (Lipinski definition) is 1. The molecule has 0 radical (unpaired) electrons. The molecule has 23 heavy (non-hydrogen) atoms. The molecule has 1 N–H and O–H groups in total. The summed E-state index contributed by atoms with van der Waals surface area (Å²) in [6, 6.07) is 15.7. The summed E-state index contributed by atoms with van der Waals surface area (Å²) in [5.41, 5.74) is 2.38. The minimum absolute atomic E-state index is 0.0148. The third-order valence-electron chi connectivity index (χ3n) is 4.47. The quantitative estimate of drug-likeness (QED) is 0.790. The molecule has 4 heteroatoms. The molecule has 0 spiro atoms. The van der Waals surface area contributed by atoms with Gasteiger partial charge in [0.25, 0.3) is 5.91 Å². The molecular formula is C19H18N2O2. The van der Waals surface area contributed by atoms with E-state index in [1.165, 1.54) is 12.8 Å². The van der Waals surface area contributed by atoms with Crippen molar-refractivity contribution >= 4 is 16.8 Å². The van der Waals surface area contributed by atoms with Crippen molar-refractivity contribution in [3.8, 4) is 11.3 Å². The molecule has 4 nitrogen and oxygen atoms in total. The molecule has 1 fully saturated rings. The van der Waals surface area contributed by atoms with Crippen molar-refractivity contribution in [1.29, 1.82) is 0 Å². The molecule has 3 aromatic rings. The molecule has 1 amide bonds. The Morgan fingerprint density at radius 1 is 1.09 bits per heavy atom. The maximum Gasteiger partial charge on any atom is 0.251 e. The van der Waals surface area contributed by atoms with Crippen molar-refractivity contribution in [2.45, 2.75) is 31.7 Å². The lowest BCUT2D eigenvalue weighted by atomic mass is 10.1. The minimum atomic E-state index is -0.0148. The number of fused-ring (bicyclic) bond motifs is 1. The van der Waals surface area contributed by atoms with E-state index in [4.69, 9.17) is 4.52 Å². The lowest BCUT2D eigenvalue weighted by Gasteiger charge is -2.11. The Labute approximate surface area is 134 Å². The number of benzene rings is 2. The van der Waals surface area contributed by atoms with Crippen LogP contribution in [0.25, 0.3) is 22.2 Å². The maximum atomic E-state index is 12.5. The summed E-state index contributed by atoms with van der Waals surface area (Å²) in [5, 5.41) is 8.08. The number of nitrogens with zero attached hydrogens (tertiary/aromatic N) is 1. The van der Waals surface area contributed by atoms with Crippen LogP contribution in [0.4, 0.5) is 0 Å². The van der Waals surface area contributed by atoms with Crippen LogP contribution in [0.3, 0.4) is 0 Å². The Bertz CT molecular complexity index is 833. The van der Waals surface area contributed by atoms with Crippen LogP contribution in [0.5, 0.6) is 0 Å². The van der Waals surface area contributed by atoms with E-state index in [2.05, 4.69) is 10.5 Å². The fraction of sp³-hybridized carbons (Fsp3) is 0.263. The van der Waals surface area contributed by atoms with Crippen LogP contribution in [0.1, 0.15) is 36.0 Å². The Balaban J connectivity index is 1.68. The smallest absolute Gasteiger partial charge is 0.251 e. The minimum Gasteiger partial charge on any atom is -0.355 e. The van der Waals surface area contributed by atoms with E-state index in [0.717, 1.165) is 29.3 Å². The van der Waals surface area contributed by atoms with Gasteiger partial charge in [0.2, 0.25) is 0 Å². The summed E-state index contributed by atoms with van der Waals surface area (Å²) in [6.07, 6.45) is 4.56. The zero-order chi connectivity index (χ0) is 15.6. The molecule has 1 aliphatic rings. The Morgan fingerprint density at radius 3 is 2.65 bits per heavy atom. The van der Waals surface area contributed by atoms with E-state index < -0.39 is 0 Å². The number of aromatic nitrogens is 1. The third kappa shape index (κ3) is 2.72. The van der Waals surface area contributed by atoms with E-state index in [-0.39, 0.29) is 5.91 Å². The van der Waals surface area contributed by atoms with E-state index in [9.17, 15) is 4.79 Å². The summed E-state index contributed by atoms with van der Waals surface area (Å²) in [6.45, 7) is 0. The summed E-state index contributed by atoms with van der Waals surface area (Å²) in [5.74, 6) is 0.690. The Hall–Kier alpha value is -2.62.